The lowest BCUT2D eigenvalue weighted by molar-refractivity contribution is 0.170. The summed E-state index contributed by atoms with van der Waals surface area (Å²) in [6.45, 7) is 0. The second kappa shape index (κ2) is 6.02. The Bertz CT molecular complexity index is 453. The van der Waals surface area contributed by atoms with Crippen LogP contribution in [0.25, 0.3) is 0 Å². The van der Waals surface area contributed by atoms with Gasteiger partial charge in [-0.15, -0.1) is 0 Å². The minimum atomic E-state index is -3.02. The number of hydrogen-bond donors (Lipinski definition) is 1. The van der Waals surface area contributed by atoms with Gasteiger partial charge in [-0.05, 0) is 18.1 Å². The number of para-hydroxylation sites is 1. The van der Waals surface area contributed by atoms with Gasteiger partial charge in [0, 0.05) is 12.7 Å². The maximum atomic E-state index is 11.0. The molecular formula is C12H18O4S. The zero-order valence-corrected chi connectivity index (χ0v) is 10.9. The lowest BCUT2D eigenvalue weighted by Gasteiger charge is -2.12. The molecule has 1 rings (SSSR count). The van der Waals surface area contributed by atoms with Crippen molar-refractivity contribution in [3.63, 3.8) is 0 Å². The van der Waals surface area contributed by atoms with Crippen LogP contribution in [-0.4, -0.2) is 38.7 Å². The number of sulfone groups is 1. The Labute approximate surface area is 102 Å². The van der Waals surface area contributed by atoms with Gasteiger partial charge in [0.25, 0.3) is 0 Å². The molecule has 1 aromatic carbocycles. The molecule has 17 heavy (non-hydrogen) atoms. The Morgan fingerprint density at radius 3 is 2.59 bits per heavy atom. The zero-order chi connectivity index (χ0) is 12.9. The highest BCUT2D eigenvalue weighted by atomic mass is 32.2. The summed E-state index contributed by atoms with van der Waals surface area (Å²) >= 11 is 0. The maximum absolute atomic E-state index is 11.0. The lowest BCUT2D eigenvalue weighted by Crippen LogP contribution is -2.16. The molecule has 0 aliphatic heterocycles. The van der Waals surface area contributed by atoms with Crippen LogP contribution in [0.4, 0.5) is 0 Å². The van der Waals surface area contributed by atoms with Crippen molar-refractivity contribution in [2.45, 2.75) is 18.9 Å². The first-order valence-corrected chi connectivity index (χ1v) is 7.46. The van der Waals surface area contributed by atoms with Crippen LogP contribution in [-0.2, 0) is 16.3 Å². The SMILES string of the molecule is COc1ccccc1CC(O)CCS(C)(=O)=O. The van der Waals surface area contributed by atoms with E-state index in [9.17, 15) is 13.5 Å². The third kappa shape index (κ3) is 5.19. The van der Waals surface area contributed by atoms with Crippen LogP contribution in [0.1, 0.15) is 12.0 Å². The van der Waals surface area contributed by atoms with Crippen LogP contribution in [0, 0.1) is 0 Å². The summed E-state index contributed by atoms with van der Waals surface area (Å²) in [5, 5.41) is 9.77. The van der Waals surface area contributed by atoms with Crippen molar-refractivity contribution < 1.29 is 18.3 Å². The van der Waals surface area contributed by atoms with E-state index in [1.807, 2.05) is 24.3 Å². The molecule has 0 radical (unpaired) electrons. The zero-order valence-electron chi connectivity index (χ0n) is 10.1. The smallest absolute Gasteiger partial charge is 0.147 e. The van der Waals surface area contributed by atoms with Crippen LogP contribution in [0.15, 0.2) is 24.3 Å². The highest BCUT2D eigenvalue weighted by Crippen LogP contribution is 2.19. The molecule has 0 aromatic heterocycles. The van der Waals surface area contributed by atoms with Gasteiger partial charge in [-0.1, -0.05) is 18.2 Å². The number of ether oxygens (including phenoxy) is 1. The van der Waals surface area contributed by atoms with Gasteiger partial charge >= 0.3 is 0 Å². The Morgan fingerprint density at radius 1 is 1.35 bits per heavy atom. The molecule has 1 aromatic rings. The first kappa shape index (κ1) is 14.0. The van der Waals surface area contributed by atoms with Crippen molar-refractivity contribution in [1.29, 1.82) is 0 Å². The van der Waals surface area contributed by atoms with Crippen LogP contribution in [0.2, 0.25) is 0 Å². The second-order valence-electron chi connectivity index (χ2n) is 4.09. The number of aliphatic hydroxyl groups is 1. The monoisotopic (exact) mass is 258 g/mol. The molecule has 0 saturated carbocycles. The quantitative estimate of drug-likeness (QED) is 0.828. The molecule has 0 aliphatic carbocycles. The van der Waals surface area contributed by atoms with Gasteiger partial charge in [-0.3, -0.25) is 0 Å². The van der Waals surface area contributed by atoms with Crippen molar-refractivity contribution in [2.24, 2.45) is 0 Å². The summed E-state index contributed by atoms with van der Waals surface area (Å²) in [5.74, 6) is 0.717. The maximum Gasteiger partial charge on any atom is 0.147 e. The number of benzene rings is 1. The second-order valence-corrected chi connectivity index (χ2v) is 6.35. The van der Waals surface area contributed by atoms with Crippen LogP contribution in [0.5, 0.6) is 5.75 Å². The summed E-state index contributed by atoms with van der Waals surface area (Å²) in [6.07, 6.45) is 1.15. The van der Waals surface area contributed by atoms with Gasteiger partial charge < -0.3 is 9.84 Å². The summed E-state index contributed by atoms with van der Waals surface area (Å²) < 4.78 is 27.1. The van der Waals surface area contributed by atoms with Gasteiger partial charge in [0.1, 0.15) is 15.6 Å². The fourth-order valence-electron chi connectivity index (χ4n) is 1.58. The predicted molar refractivity (Wildman–Crippen MR) is 67.0 cm³/mol. The molecule has 5 heteroatoms. The van der Waals surface area contributed by atoms with E-state index in [2.05, 4.69) is 0 Å². The van der Waals surface area contributed by atoms with Gasteiger partial charge in [-0.25, -0.2) is 8.42 Å². The molecule has 0 saturated heterocycles. The van der Waals surface area contributed by atoms with Gasteiger partial charge in [0.2, 0.25) is 0 Å². The Balaban J connectivity index is 2.59. The molecule has 1 unspecified atom stereocenters. The van der Waals surface area contributed by atoms with Crippen molar-refractivity contribution in [3.05, 3.63) is 29.8 Å². The van der Waals surface area contributed by atoms with Crippen LogP contribution < -0.4 is 4.74 Å². The molecule has 4 nitrogen and oxygen atoms in total. The summed E-state index contributed by atoms with van der Waals surface area (Å²) in [5.41, 5.74) is 0.885. The van der Waals surface area contributed by atoms with Crippen molar-refractivity contribution in [1.82, 2.24) is 0 Å². The van der Waals surface area contributed by atoms with E-state index >= 15 is 0 Å². The molecule has 0 aliphatic rings. The van der Waals surface area contributed by atoms with E-state index in [0.717, 1.165) is 5.56 Å². The molecular weight excluding hydrogens is 240 g/mol. The minimum Gasteiger partial charge on any atom is -0.496 e. The normalized spacial score (nSPS) is 13.4. The number of methoxy groups -OCH3 is 1. The van der Waals surface area contributed by atoms with E-state index in [1.54, 1.807) is 7.11 Å². The van der Waals surface area contributed by atoms with Crippen molar-refractivity contribution in [2.75, 3.05) is 19.1 Å². The highest BCUT2D eigenvalue weighted by Gasteiger charge is 2.12. The first-order chi connectivity index (χ1) is 7.92. The standard InChI is InChI=1S/C12H18O4S/c1-16-12-6-4-3-5-10(12)9-11(13)7-8-17(2,14)15/h3-6,11,13H,7-9H2,1-2H3. The molecule has 96 valence electrons. The van der Waals surface area contributed by atoms with Crippen molar-refractivity contribution in [3.8, 4) is 5.75 Å². The molecule has 1 N–H and O–H groups in total. The van der Waals surface area contributed by atoms with Crippen LogP contribution >= 0.6 is 0 Å². The van der Waals surface area contributed by atoms with E-state index in [1.165, 1.54) is 6.26 Å². The van der Waals surface area contributed by atoms with Crippen molar-refractivity contribution >= 4 is 9.84 Å². The Kier molecular flexibility index (Phi) is 4.96. The molecule has 0 heterocycles. The van der Waals surface area contributed by atoms with E-state index in [0.29, 0.717) is 12.2 Å². The third-order valence-electron chi connectivity index (χ3n) is 2.47. The number of rotatable bonds is 6. The Hall–Kier alpha value is -1.07. The molecule has 1 atom stereocenters. The molecule has 0 bridgehead atoms. The van der Waals surface area contributed by atoms with Gasteiger partial charge in [0.05, 0.1) is 19.0 Å². The fourth-order valence-corrected chi connectivity index (χ4v) is 2.28. The lowest BCUT2D eigenvalue weighted by atomic mass is 10.1. The summed E-state index contributed by atoms with van der Waals surface area (Å²) in [4.78, 5) is 0. The van der Waals surface area contributed by atoms with Gasteiger partial charge in [0.15, 0.2) is 0 Å². The van der Waals surface area contributed by atoms with E-state index in [-0.39, 0.29) is 12.2 Å². The summed E-state index contributed by atoms with van der Waals surface area (Å²) in [6, 6.07) is 7.40. The molecule has 0 amide bonds. The average molecular weight is 258 g/mol. The fraction of sp³-hybridized carbons (Fsp3) is 0.500. The molecule has 0 spiro atoms. The average Bonchev–Trinajstić information content (AvgIpc) is 2.26. The first-order valence-electron chi connectivity index (χ1n) is 5.40. The summed E-state index contributed by atoms with van der Waals surface area (Å²) in [7, 11) is -1.45. The van der Waals surface area contributed by atoms with Gasteiger partial charge in [-0.2, -0.15) is 0 Å². The number of hydrogen-bond acceptors (Lipinski definition) is 4. The van der Waals surface area contributed by atoms with E-state index < -0.39 is 15.9 Å². The Morgan fingerprint density at radius 2 is 2.00 bits per heavy atom. The van der Waals surface area contributed by atoms with Crippen LogP contribution in [0.3, 0.4) is 0 Å². The minimum absolute atomic E-state index is 0.00329. The van der Waals surface area contributed by atoms with E-state index in [4.69, 9.17) is 4.74 Å². The molecule has 0 fully saturated rings. The third-order valence-corrected chi connectivity index (χ3v) is 3.45. The predicted octanol–water partition coefficient (Wildman–Crippen LogP) is 1.03. The topological polar surface area (TPSA) is 63.6 Å². The number of aliphatic hydroxyl groups excluding tert-OH is 1. The highest BCUT2D eigenvalue weighted by molar-refractivity contribution is 7.90. The largest absolute Gasteiger partial charge is 0.496 e.